The van der Waals surface area contributed by atoms with Crippen molar-refractivity contribution in [1.29, 1.82) is 0 Å². The Labute approximate surface area is 118 Å². The van der Waals surface area contributed by atoms with Gasteiger partial charge in [-0.25, -0.2) is 14.2 Å². The van der Waals surface area contributed by atoms with Gasteiger partial charge in [0.05, 0.1) is 10.7 Å². The third kappa shape index (κ3) is 2.55. The molecule has 0 unspecified atom stereocenters. The fourth-order valence-corrected chi connectivity index (χ4v) is 1.93. The summed E-state index contributed by atoms with van der Waals surface area (Å²) in [6.07, 6.45) is 0. The van der Waals surface area contributed by atoms with Gasteiger partial charge in [0.15, 0.2) is 5.69 Å². The van der Waals surface area contributed by atoms with Gasteiger partial charge < -0.3 is 5.11 Å². The van der Waals surface area contributed by atoms with Crippen molar-refractivity contribution in [3.8, 4) is 11.3 Å². The van der Waals surface area contributed by atoms with Crippen molar-refractivity contribution < 1.29 is 14.3 Å². The van der Waals surface area contributed by atoms with E-state index in [9.17, 15) is 9.18 Å². The highest BCUT2D eigenvalue weighted by Crippen LogP contribution is 2.29. The molecule has 19 heavy (non-hydrogen) atoms. The predicted molar refractivity (Wildman–Crippen MR) is 71.3 cm³/mol. The van der Waals surface area contributed by atoms with Crippen LogP contribution >= 0.6 is 23.2 Å². The van der Waals surface area contributed by atoms with Crippen LogP contribution in [0.1, 0.15) is 16.1 Å². The van der Waals surface area contributed by atoms with Crippen LogP contribution in [0.4, 0.5) is 4.39 Å². The maximum Gasteiger partial charge on any atom is 0.356 e. The smallest absolute Gasteiger partial charge is 0.356 e. The van der Waals surface area contributed by atoms with E-state index in [1.165, 1.54) is 31.2 Å². The van der Waals surface area contributed by atoms with Crippen molar-refractivity contribution in [2.45, 2.75) is 6.92 Å². The molecule has 0 bridgehead atoms. The number of carboxylic acid groups (broad SMARTS) is 1. The molecule has 0 saturated carbocycles. The van der Waals surface area contributed by atoms with Gasteiger partial charge in [0, 0.05) is 16.1 Å². The van der Waals surface area contributed by atoms with Crippen molar-refractivity contribution in [3.63, 3.8) is 0 Å². The van der Waals surface area contributed by atoms with Crippen LogP contribution in [0.5, 0.6) is 0 Å². The van der Waals surface area contributed by atoms with Gasteiger partial charge in [-0.1, -0.05) is 23.2 Å². The molecule has 0 fully saturated rings. The quantitative estimate of drug-likeness (QED) is 0.904. The van der Waals surface area contributed by atoms with Crippen LogP contribution in [0.15, 0.2) is 24.3 Å². The Morgan fingerprint density at radius 1 is 1.21 bits per heavy atom. The summed E-state index contributed by atoms with van der Waals surface area (Å²) in [5.74, 6) is -1.79. The van der Waals surface area contributed by atoms with Gasteiger partial charge in [0.2, 0.25) is 0 Å². The number of benzene rings is 1. The lowest BCUT2D eigenvalue weighted by Crippen LogP contribution is -2.03. The summed E-state index contributed by atoms with van der Waals surface area (Å²) in [5.41, 5.74) is 0.346. The van der Waals surface area contributed by atoms with Gasteiger partial charge in [-0.05, 0) is 31.2 Å². The molecule has 2 rings (SSSR count). The maximum atomic E-state index is 14.1. The third-order valence-corrected chi connectivity index (χ3v) is 3.36. The summed E-state index contributed by atoms with van der Waals surface area (Å²) in [6.45, 7) is 1.54. The molecular weight excluding hydrogens is 292 g/mol. The lowest BCUT2D eigenvalue weighted by molar-refractivity contribution is 0.0691. The number of aromatic carboxylic acids is 1. The second-order valence-electron chi connectivity index (χ2n) is 3.87. The first-order valence-corrected chi connectivity index (χ1v) is 6.02. The molecule has 1 aromatic heterocycles. The number of aromatic nitrogens is 1. The van der Waals surface area contributed by atoms with Crippen LogP contribution in [0.25, 0.3) is 11.3 Å². The second kappa shape index (κ2) is 5.15. The van der Waals surface area contributed by atoms with Crippen LogP contribution in [-0.4, -0.2) is 16.1 Å². The highest BCUT2D eigenvalue weighted by Gasteiger charge is 2.16. The standard InChI is InChI=1S/C13H8Cl2FNO2/c1-6-8(14)3-2-7(11(6)16)10-5-4-9(15)12(17-10)13(18)19/h2-5H,1H3,(H,18,19). The summed E-state index contributed by atoms with van der Waals surface area (Å²) in [7, 11) is 0. The van der Waals surface area contributed by atoms with Gasteiger partial charge in [-0.2, -0.15) is 0 Å². The fraction of sp³-hybridized carbons (Fsp3) is 0.0769. The van der Waals surface area contributed by atoms with Crippen molar-refractivity contribution in [3.05, 3.63) is 51.4 Å². The molecule has 0 radical (unpaired) electrons. The number of hydrogen-bond acceptors (Lipinski definition) is 2. The Hall–Kier alpha value is -1.65. The van der Waals surface area contributed by atoms with E-state index in [2.05, 4.69) is 4.98 Å². The van der Waals surface area contributed by atoms with E-state index >= 15 is 0 Å². The van der Waals surface area contributed by atoms with Crippen LogP contribution < -0.4 is 0 Å². The highest BCUT2D eigenvalue weighted by atomic mass is 35.5. The summed E-state index contributed by atoms with van der Waals surface area (Å²) < 4.78 is 14.1. The third-order valence-electron chi connectivity index (χ3n) is 2.64. The summed E-state index contributed by atoms with van der Waals surface area (Å²) in [4.78, 5) is 14.8. The summed E-state index contributed by atoms with van der Waals surface area (Å²) in [6, 6.07) is 5.82. The molecule has 0 aliphatic rings. The van der Waals surface area contributed by atoms with Crippen LogP contribution in [0.3, 0.4) is 0 Å². The SMILES string of the molecule is Cc1c(Cl)ccc(-c2ccc(Cl)c(C(=O)O)n2)c1F. The van der Waals surface area contributed by atoms with Crippen molar-refractivity contribution in [2.75, 3.05) is 0 Å². The van der Waals surface area contributed by atoms with Crippen molar-refractivity contribution in [2.24, 2.45) is 0 Å². The van der Waals surface area contributed by atoms with E-state index in [0.29, 0.717) is 5.02 Å². The van der Waals surface area contributed by atoms with Crippen LogP contribution in [0, 0.1) is 12.7 Å². The predicted octanol–water partition coefficient (Wildman–Crippen LogP) is 4.20. The number of hydrogen-bond donors (Lipinski definition) is 1. The zero-order valence-corrected chi connectivity index (χ0v) is 11.3. The minimum absolute atomic E-state index is 0.00217. The number of nitrogens with zero attached hydrogens (tertiary/aromatic N) is 1. The normalized spacial score (nSPS) is 10.5. The monoisotopic (exact) mass is 299 g/mol. The molecule has 0 aliphatic heterocycles. The molecule has 1 aromatic carbocycles. The van der Waals surface area contributed by atoms with Crippen molar-refractivity contribution in [1.82, 2.24) is 4.98 Å². The molecule has 0 aliphatic carbocycles. The molecule has 0 saturated heterocycles. The minimum Gasteiger partial charge on any atom is -0.476 e. The molecule has 1 heterocycles. The van der Waals surface area contributed by atoms with Crippen molar-refractivity contribution >= 4 is 29.2 Å². The Balaban J connectivity index is 2.63. The molecule has 98 valence electrons. The largest absolute Gasteiger partial charge is 0.476 e. The molecule has 6 heteroatoms. The van der Waals surface area contributed by atoms with Gasteiger partial charge >= 0.3 is 5.97 Å². The molecule has 0 spiro atoms. The van der Waals surface area contributed by atoms with E-state index in [4.69, 9.17) is 28.3 Å². The zero-order valence-electron chi connectivity index (χ0n) is 9.75. The first kappa shape index (κ1) is 13.8. The average molecular weight is 300 g/mol. The minimum atomic E-state index is -1.27. The molecule has 0 amide bonds. The molecular formula is C13H8Cl2FNO2. The molecule has 1 N–H and O–H groups in total. The second-order valence-corrected chi connectivity index (χ2v) is 4.68. The van der Waals surface area contributed by atoms with Gasteiger partial charge in [0.1, 0.15) is 5.82 Å². The van der Waals surface area contributed by atoms with Gasteiger partial charge in [0.25, 0.3) is 0 Å². The number of carbonyl (C=O) groups is 1. The number of halogens is 3. The van der Waals surface area contributed by atoms with E-state index in [1.807, 2.05) is 0 Å². The molecule has 0 atom stereocenters. The van der Waals surface area contributed by atoms with E-state index in [0.717, 1.165) is 0 Å². The van der Waals surface area contributed by atoms with E-state index in [1.54, 1.807) is 0 Å². The van der Waals surface area contributed by atoms with Crippen LogP contribution in [0.2, 0.25) is 10.0 Å². The highest BCUT2D eigenvalue weighted by molar-refractivity contribution is 6.33. The average Bonchev–Trinajstić information content (AvgIpc) is 2.37. The Morgan fingerprint density at radius 3 is 2.47 bits per heavy atom. The maximum absolute atomic E-state index is 14.1. The number of rotatable bonds is 2. The Bertz CT molecular complexity index is 674. The number of carboxylic acids is 1. The summed E-state index contributed by atoms with van der Waals surface area (Å²) in [5, 5.41) is 9.25. The lowest BCUT2D eigenvalue weighted by atomic mass is 10.1. The topological polar surface area (TPSA) is 50.2 Å². The molecule has 2 aromatic rings. The number of pyridine rings is 1. The first-order chi connectivity index (χ1) is 8.91. The fourth-order valence-electron chi connectivity index (χ4n) is 1.60. The zero-order chi connectivity index (χ0) is 14.2. The van der Waals surface area contributed by atoms with E-state index < -0.39 is 11.8 Å². The van der Waals surface area contributed by atoms with Gasteiger partial charge in [-0.15, -0.1) is 0 Å². The first-order valence-electron chi connectivity index (χ1n) is 5.26. The lowest BCUT2D eigenvalue weighted by Gasteiger charge is -2.08. The molecule has 3 nitrogen and oxygen atoms in total. The van der Waals surface area contributed by atoms with Crippen LogP contribution in [-0.2, 0) is 0 Å². The Kier molecular flexibility index (Phi) is 3.73. The van der Waals surface area contributed by atoms with Gasteiger partial charge in [-0.3, -0.25) is 0 Å². The van der Waals surface area contributed by atoms with E-state index in [-0.39, 0.29) is 27.5 Å². The Morgan fingerprint density at radius 2 is 1.84 bits per heavy atom. The summed E-state index contributed by atoms with van der Waals surface area (Å²) >= 11 is 11.5.